The van der Waals surface area contributed by atoms with Gasteiger partial charge in [0.05, 0.1) is 0 Å². The van der Waals surface area contributed by atoms with E-state index in [-0.39, 0.29) is 5.05 Å². The monoisotopic (exact) mass is 288 g/mol. The fourth-order valence-electron chi connectivity index (χ4n) is 2.12. The zero-order valence-corrected chi connectivity index (χ0v) is 11.9. The van der Waals surface area contributed by atoms with Gasteiger partial charge in [-0.15, -0.1) is 11.3 Å². The first-order chi connectivity index (χ1) is 9.15. The number of aryl methyl sites for hydroxylation is 1. The second-order valence-electron chi connectivity index (χ2n) is 4.38. The van der Waals surface area contributed by atoms with Crippen LogP contribution in [-0.4, -0.2) is 20.1 Å². The highest BCUT2D eigenvalue weighted by atomic mass is 32.1. The highest BCUT2D eigenvalue weighted by Crippen LogP contribution is 2.32. The minimum absolute atomic E-state index is 0.0555. The van der Waals surface area contributed by atoms with E-state index in [4.69, 9.17) is 12.2 Å². The molecule has 3 rings (SSSR count). The number of aliphatic hydroxyl groups excluding tert-OH is 1. The van der Waals surface area contributed by atoms with Crippen molar-refractivity contribution < 1.29 is 5.11 Å². The zero-order chi connectivity index (χ0) is 13.4. The number of rotatable bonds is 3. The second kappa shape index (κ2) is 4.75. The van der Waals surface area contributed by atoms with Crippen LogP contribution in [-0.2, 0) is 6.42 Å². The fourth-order valence-corrected chi connectivity index (χ4v) is 3.44. The van der Waals surface area contributed by atoms with Crippen molar-refractivity contribution in [1.82, 2.24) is 9.97 Å². The summed E-state index contributed by atoms with van der Waals surface area (Å²) >= 11 is 6.57. The highest BCUT2D eigenvalue weighted by molar-refractivity contribution is 7.80. The number of fused-ring (bicyclic) bond motifs is 1. The van der Waals surface area contributed by atoms with E-state index in [0.29, 0.717) is 5.56 Å². The van der Waals surface area contributed by atoms with E-state index in [1.54, 1.807) is 17.5 Å². The molecule has 2 aromatic heterocycles. The summed E-state index contributed by atoms with van der Waals surface area (Å²) in [6.45, 7) is 2.10. The predicted octanol–water partition coefficient (Wildman–Crippen LogP) is 3.76. The molecule has 0 unspecified atom stereocenters. The van der Waals surface area contributed by atoms with Gasteiger partial charge in [0, 0.05) is 34.0 Å². The van der Waals surface area contributed by atoms with Crippen molar-refractivity contribution in [2.24, 2.45) is 0 Å². The van der Waals surface area contributed by atoms with Gasteiger partial charge in [-0.2, -0.15) is 0 Å². The van der Waals surface area contributed by atoms with Crippen LogP contribution in [0.25, 0.3) is 10.1 Å². The van der Waals surface area contributed by atoms with Crippen molar-refractivity contribution >= 4 is 38.7 Å². The molecule has 3 nitrogen and oxygen atoms in total. The smallest absolute Gasteiger partial charge is 0.188 e. The molecule has 2 heterocycles. The molecule has 0 spiro atoms. The molecule has 0 atom stereocenters. The van der Waals surface area contributed by atoms with Gasteiger partial charge in [-0.3, -0.25) is 0 Å². The SMILES string of the molecule is Cc1c(Cc2ncc[nH]2)sc2ccc(C(O)=S)cc12. The quantitative estimate of drug-likeness (QED) is 0.721. The molecule has 2 N–H and O–H groups in total. The number of aromatic amines is 1. The lowest BCUT2D eigenvalue weighted by Gasteiger charge is -1.98. The molecule has 19 heavy (non-hydrogen) atoms. The molecule has 0 radical (unpaired) electrons. The Bertz CT molecular complexity index is 744. The van der Waals surface area contributed by atoms with E-state index < -0.39 is 0 Å². The first-order valence-corrected chi connectivity index (χ1v) is 7.11. The first kappa shape index (κ1) is 12.3. The molecule has 0 bridgehead atoms. The maximum absolute atomic E-state index is 9.41. The average Bonchev–Trinajstić information content (AvgIpc) is 2.99. The van der Waals surface area contributed by atoms with Crippen molar-refractivity contribution in [3.8, 4) is 0 Å². The number of benzene rings is 1. The molecule has 1 aromatic carbocycles. The minimum Gasteiger partial charge on any atom is -0.499 e. The van der Waals surface area contributed by atoms with Crippen molar-refractivity contribution in [3.63, 3.8) is 0 Å². The molecule has 5 heteroatoms. The molecule has 0 aliphatic carbocycles. The topological polar surface area (TPSA) is 48.9 Å². The molecule has 0 fully saturated rings. The fraction of sp³-hybridized carbons (Fsp3) is 0.143. The summed E-state index contributed by atoms with van der Waals surface area (Å²) in [5, 5.41) is 10.5. The molecular formula is C14H12N2OS2. The highest BCUT2D eigenvalue weighted by Gasteiger charge is 2.11. The summed E-state index contributed by atoms with van der Waals surface area (Å²) in [5.74, 6) is 0.965. The molecule has 3 aromatic rings. The third-order valence-corrected chi connectivity index (χ3v) is 4.67. The van der Waals surface area contributed by atoms with Crippen molar-refractivity contribution in [2.45, 2.75) is 13.3 Å². The van der Waals surface area contributed by atoms with Crippen LogP contribution < -0.4 is 0 Å². The number of aromatic nitrogens is 2. The normalized spacial score (nSPS) is 11.0. The van der Waals surface area contributed by atoms with E-state index in [9.17, 15) is 5.11 Å². The van der Waals surface area contributed by atoms with E-state index in [1.807, 2.05) is 24.4 Å². The van der Waals surface area contributed by atoms with Crippen molar-refractivity contribution in [1.29, 1.82) is 0 Å². The Kier molecular flexibility index (Phi) is 3.08. The van der Waals surface area contributed by atoms with Crippen molar-refractivity contribution in [3.05, 3.63) is 52.4 Å². The van der Waals surface area contributed by atoms with Gasteiger partial charge in [-0.25, -0.2) is 4.98 Å². The van der Waals surface area contributed by atoms with Gasteiger partial charge < -0.3 is 10.1 Å². The van der Waals surface area contributed by atoms with Crippen LogP contribution in [0.4, 0.5) is 0 Å². The van der Waals surface area contributed by atoms with Gasteiger partial charge >= 0.3 is 0 Å². The summed E-state index contributed by atoms with van der Waals surface area (Å²) in [6, 6.07) is 5.82. The number of hydrogen-bond acceptors (Lipinski definition) is 3. The van der Waals surface area contributed by atoms with Gasteiger partial charge in [0.2, 0.25) is 0 Å². The largest absolute Gasteiger partial charge is 0.499 e. The second-order valence-corrected chi connectivity index (χ2v) is 5.90. The summed E-state index contributed by atoms with van der Waals surface area (Å²) < 4.78 is 1.21. The maximum atomic E-state index is 9.41. The third-order valence-electron chi connectivity index (χ3n) is 3.16. The van der Waals surface area contributed by atoms with Gasteiger partial charge in [-0.05, 0) is 48.3 Å². The van der Waals surface area contributed by atoms with Gasteiger partial charge in [0.25, 0.3) is 0 Å². The molecule has 0 saturated carbocycles. The Morgan fingerprint density at radius 2 is 2.32 bits per heavy atom. The Morgan fingerprint density at radius 1 is 1.47 bits per heavy atom. The minimum atomic E-state index is -0.0555. The van der Waals surface area contributed by atoms with Gasteiger partial charge in [0.1, 0.15) is 5.82 Å². The standard InChI is InChI=1S/C14H12N2OS2/c1-8-10-6-9(14(17)18)2-3-11(10)19-12(8)7-13-15-4-5-16-13/h2-6H,7H2,1H3,(H,15,16)(H,17,18). The van der Waals surface area contributed by atoms with E-state index in [2.05, 4.69) is 16.9 Å². The summed E-state index contributed by atoms with van der Waals surface area (Å²) in [4.78, 5) is 8.66. The summed E-state index contributed by atoms with van der Waals surface area (Å²) in [7, 11) is 0. The lowest BCUT2D eigenvalue weighted by Crippen LogP contribution is -1.93. The van der Waals surface area contributed by atoms with E-state index >= 15 is 0 Å². The van der Waals surface area contributed by atoms with Crippen molar-refractivity contribution in [2.75, 3.05) is 0 Å². The first-order valence-electron chi connectivity index (χ1n) is 5.88. The number of hydrogen-bond donors (Lipinski definition) is 2. The van der Waals surface area contributed by atoms with Crippen LogP contribution in [0, 0.1) is 6.92 Å². The number of aliphatic hydroxyl groups is 1. The number of imidazole rings is 1. The predicted molar refractivity (Wildman–Crippen MR) is 82.3 cm³/mol. The molecule has 96 valence electrons. The van der Waals surface area contributed by atoms with Crippen LogP contribution in [0.1, 0.15) is 21.8 Å². The molecule has 0 aliphatic heterocycles. The van der Waals surface area contributed by atoms with Crippen LogP contribution >= 0.6 is 23.6 Å². The van der Waals surface area contributed by atoms with E-state index in [1.165, 1.54) is 15.1 Å². The number of nitrogens with zero attached hydrogens (tertiary/aromatic N) is 1. The third kappa shape index (κ3) is 2.27. The average molecular weight is 288 g/mol. The number of nitrogens with one attached hydrogen (secondary N) is 1. The number of thiocarbonyl (C=S) groups is 1. The summed E-state index contributed by atoms with van der Waals surface area (Å²) in [5.41, 5.74) is 1.93. The molecule has 0 amide bonds. The lowest BCUT2D eigenvalue weighted by atomic mass is 10.1. The maximum Gasteiger partial charge on any atom is 0.188 e. The molecular weight excluding hydrogens is 276 g/mol. The molecule has 0 aliphatic rings. The summed E-state index contributed by atoms with van der Waals surface area (Å²) in [6.07, 6.45) is 4.40. The van der Waals surface area contributed by atoms with Gasteiger partial charge in [0.15, 0.2) is 5.05 Å². The Balaban J connectivity index is 2.07. The number of thiophene rings is 1. The Labute approximate surface area is 119 Å². The van der Waals surface area contributed by atoms with Crippen LogP contribution in [0.15, 0.2) is 30.6 Å². The Hall–Kier alpha value is -1.72. The van der Waals surface area contributed by atoms with E-state index in [0.717, 1.165) is 17.6 Å². The van der Waals surface area contributed by atoms with Crippen LogP contribution in [0.3, 0.4) is 0 Å². The van der Waals surface area contributed by atoms with Gasteiger partial charge in [-0.1, -0.05) is 0 Å². The number of H-pyrrole nitrogens is 1. The zero-order valence-electron chi connectivity index (χ0n) is 10.3. The van der Waals surface area contributed by atoms with Crippen LogP contribution in [0.2, 0.25) is 0 Å². The Morgan fingerprint density at radius 3 is 3.00 bits per heavy atom. The lowest BCUT2D eigenvalue weighted by molar-refractivity contribution is 0.571. The molecule has 0 saturated heterocycles. The van der Waals surface area contributed by atoms with Crippen LogP contribution in [0.5, 0.6) is 0 Å².